The van der Waals surface area contributed by atoms with Crippen LogP contribution in [0.1, 0.15) is 56.3 Å². The number of nitrogens with one attached hydrogen (secondary N) is 2. The molecule has 3 aromatic carbocycles. The molecule has 0 aliphatic heterocycles. The van der Waals surface area contributed by atoms with Gasteiger partial charge in [-0.15, -0.1) is 0 Å². The molecule has 8 nitrogen and oxygen atoms in total. The largest absolute Gasteiger partial charge is 0.493 e. The maximum absolute atomic E-state index is 13.3. The second-order valence-electron chi connectivity index (χ2n) is 8.68. The molecule has 1 amide bonds. The molecular weight excluding hydrogens is 504 g/mol. The van der Waals surface area contributed by atoms with E-state index in [2.05, 4.69) is 10.0 Å². The van der Waals surface area contributed by atoms with E-state index in [-0.39, 0.29) is 27.6 Å². The number of ketones is 1. The fraction of sp³-hybridized carbons (Fsp3) is 0.310. The molecule has 0 spiro atoms. The number of hydrogen-bond acceptors (Lipinski definition) is 6. The Morgan fingerprint density at radius 2 is 1.37 bits per heavy atom. The number of carbonyl (C=O) groups excluding carboxylic acids is 2. The molecule has 0 aliphatic rings. The van der Waals surface area contributed by atoms with Crippen molar-refractivity contribution < 1.29 is 27.5 Å². The van der Waals surface area contributed by atoms with Crippen molar-refractivity contribution in [2.75, 3.05) is 23.3 Å². The van der Waals surface area contributed by atoms with Crippen molar-refractivity contribution in [2.45, 2.75) is 50.8 Å². The SMILES string of the molecule is CCCCOc1cc(C(=O)CC(=O)Nc2ccccc2)c(OCCCC)cc1NS(=O)(=O)c1ccccc1. The lowest BCUT2D eigenvalue weighted by Gasteiger charge is -2.18. The lowest BCUT2D eigenvalue weighted by Crippen LogP contribution is -2.18. The number of carbonyl (C=O) groups is 2. The summed E-state index contributed by atoms with van der Waals surface area (Å²) in [6, 6.07) is 19.7. The highest BCUT2D eigenvalue weighted by Gasteiger charge is 2.23. The first-order valence-electron chi connectivity index (χ1n) is 12.7. The van der Waals surface area contributed by atoms with Crippen molar-refractivity contribution in [1.82, 2.24) is 0 Å². The maximum atomic E-state index is 13.3. The third-order valence-corrected chi connectivity index (χ3v) is 6.95. The van der Waals surface area contributed by atoms with Crippen LogP contribution in [0.5, 0.6) is 11.5 Å². The molecule has 3 aromatic rings. The highest BCUT2D eigenvalue weighted by Crippen LogP contribution is 2.36. The van der Waals surface area contributed by atoms with Crippen LogP contribution in [0.25, 0.3) is 0 Å². The van der Waals surface area contributed by atoms with Crippen molar-refractivity contribution >= 4 is 33.1 Å². The molecule has 9 heteroatoms. The Morgan fingerprint density at radius 1 is 0.789 bits per heavy atom. The zero-order valence-electron chi connectivity index (χ0n) is 21.7. The van der Waals surface area contributed by atoms with Gasteiger partial charge >= 0.3 is 0 Å². The van der Waals surface area contributed by atoms with Crippen molar-refractivity contribution in [3.63, 3.8) is 0 Å². The number of sulfonamides is 1. The molecule has 0 fully saturated rings. The van der Waals surface area contributed by atoms with E-state index in [0.717, 1.165) is 25.7 Å². The quantitative estimate of drug-likeness (QED) is 0.138. The van der Waals surface area contributed by atoms with Gasteiger partial charge in [0.05, 0.1) is 35.8 Å². The Bertz CT molecular complexity index is 1310. The molecule has 0 aliphatic carbocycles. The second kappa shape index (κ2) is 14.2. The van der Waals surface area contributed by atoms with Gasteiger partial charge < -0.3 is 14.8 Å². The van der Waals surface area contributed by atoms with Gasteiger partial charge in [0.15, 0.2) is 5.78 Å². The van der Waals surface area contributed by atoms with Crippen molar-refractivity contribution in [3.8, 4) is 11.5 Å². The molecule has 0 saturated heterocycles. The summed E-state index contributed by atoms with van der Waals surface area (Å²) < 4.78 is 40.5. The van der Waals surface area contributed by atoms with Crippen LogP contribution in [0, 0.1) is 0 Å². The Hall–Kier alpha value is -3.85. The Kier molecular flexibility index (Phi) is 10.7. The molecule has 3 rings (SSSR count). The lowest BCUT2D eigenvalue weighted by molar-refractivity contribution is -0.115. The summed E-state index contributed by atoms with van der Waals surface area (Å²) in [5, 5.41) is 2.71. The second-order valence-corrected chi connectivity index (χ2v) is 10.4. The predicted molar refractivity (Wildman–Crippen MR) is 149 cm³/mol. The average Bonchev–Trinajstić information content (AvgIpc) is 2.90. The van der Waals surface area contributed by atoms with Gasteiger partial charge in [-0.05, 0) is 43.2 Å². The lowest BCUT2D eigenvalue weighted by atomic mass is 10.0. The number of hydrogen-bond donors (Lipinski definition) is 2. The van der Waals surface area contributed by atoms with E-state index < -0.39 is 28.1 Å². The molecule has 0 radical (unpaired) electrons. The summed E-state index contributed by atoms with van der Waals surface area (Å²) in [6.07, 6.45) is 2.80. The topological polar surface area (TPSA) is 111 Å². The van der Waals surface area contributed by atoms with Gasteiger partial charge in [0.25, 0.3) is 10.0 Å². The van der Waals surface area contributed by atoms with E-state index in [1.807, 2.05) is 19.9 Å². The molecule has 0 saturated carbocycles. The molecule has 202 valence electrons. The van der Waals surface area contributed by atoms with E-state index in [1.54, 1.807) is 42.5 Å². The summed E-state index contributed by atoms with van der Waals surface area (Å²) >= 11 is 0. The van der Waals surface area contributed by atoms with Gasteiger partial charge in [-0.1, -0.05) is 63.1 Å². The van der Waals surface area contributed by atoms with Crippen LogP contribution in [0.3, 0.4) is 0 Å². The third kappa shape index (κ3) is 8.34. The first kappa shape index (κ1) is 28.7. The number of anilines is 2. The van der Waals surface area contributed by atoms with Crippen molar-refractivity contribution in [1.29, 1.82) is 0 Å². The summed E-state index contributed by atoms with van der Waals surface area (Å²) in [6.45, 7) is 4.67. The number of amides is 1. The van der Waals surface area contributed by atoms with E-state index in [9.17, 15) is 18.0 Å². The van der Waals surface area contributed by atoms with Gasteiger partial charge in [0.2, 0.25) is 5.91 Å². The number of rotatable bonds is 15. The molecule has 0 aromatic heterocycles. The van der Waals surface area contributed by atoms with E-state index >= 15 is 0 Å². The summed E-state index contributed by atoms with van der Waals surface area (Å²) in [5.41, 5.74) is 0.888. The van der Waals surface area contributed by atoms with Crippen LogP contribution < -0.4 is 19.5 Å². The Morgan fingerprint density at radius 3 is 1.97 bits per heavy atom. The highest BCUT2D eigenvalue weighted by atomic mass is 32.2. The summed E-state index contributed by atoms with van der Waals surface area (Å²) in [4.78, 5) is 25.9. The molecule has 0 atom stereocenters. The van der Waals surface area contributed by atoms with Gasteiger partial charge in [0.1, 0.15) is 11.5 Å². The first-order chi connectivity index (χ1) is 18.3. The van der Waals surface area contributed by atoms with Gasteiger partial charge in [-0.3, -0.25) is 14.3 Å². The van der Waals surface area contributed by atoms with Crippen LogP contribution in [0.2, 0.25) is 0 Å². The minimum absolute atomic E-state index is 0.0886. The molecule has 0 unspecified atom stereocenters. The van der Waals surface area contributed by atoms with E-state index in [1.165, 1.54) is 24.3 Å². The van der Waals surface area contributed by atoms with Crippen LogP contribution >= 0.6 is 0 Å². The minimum Gasteiger partial charge on any atom is -0.493 e. The fourth-order valence-electron chi connectivity index (χ4n) is 3.52. The zero-order chi connectivity index (χ0) is 27.4. The molecular formula is C29H34N2O6S. The smallest absolute Gasteiger partial charge is 0.262 e. The van der Waals surface area contributed by atoms with Crippen LogP contribution in [0.4, 0.5) is 11.4 Å². The van der Waals surface area contributed by atoms with E-state index in [4.69, 9.17) is 9.47 Å². The molecule has 2 N–H and O–H groups in total. The normalized spacial score (nSPS) is 11.0. The average molecular weight is 539 g/mol. The van der Waals surface area contributed by atoms with Gasteiger partial charge in [-0.25, -0.2) is 8.42 Å². The first-order valence-corrected chi connectivity index (χ1v) is 14.2. The van der Waals surface area contributed by atoms with Crippen molar-refractivity contribution in [2.24, 2.45) is 0 Å². The van der Waals surface area contributed by atoms with Gasteiger partial charge in [-0.2, -0.15) is 0 Å². The maximum Gasteiger partial charge on any atom is 0.262 e. The monoisotopic (exact) mass is 538 g/mol. The Labute approximate surface area is 224 Å². The molecule has 0 heterocycles. The third-order valence-electron chi connectivity index (χ3n) is 5.57. The van der Waals surface area contributed by atoms with E-state index in [0.29, 0.717) is 18.9 Å². The summed E-state index contributed by atoms with van der Waals surface area (Å²) in [7, 11) is -3.93. The highest BCUT2D eigenvalue weighted by molar-refractivity contribution is 7.92. The fourth-order valence-corrected chi connectivity index (χ4v) is 4.60. The predicted octanol–water partition coefficient (Wildman–Crippen LogP) is 6.06. The van der Waals surface area contributed by atoms with Crippen LogP contribution in [-0.4, -0.2) is 33.3 Å². The van der Waals surface area contributed by atoms with Crippen molar-refractivity contribution in [3.05, 3.63) is 78.4 Å². The molecule has 38 heavy (non-hydrogen) atoms. The van der Waals surface area contributed by atoms with Crippen LogP contribution in [0.15, 0.2) is 77.7 Å². The van der Waals surface area contributed by atoms with Gasteiger partial charge in [0, 0.05) is 11.8 Å². The van der Waals surface area contributed by atoms with Crippen LogP contribution in [-0.2, 0) is 14.8 Å². The number of benzene rings is 3. The Balaban J connectivity index is 1.95. The summed E-state index contributed by atoms with van der Waals surface area (Å²) in [5.74, 6) is -0.567. The number of ether oxygens (including phenoxy) is 2. The number of Topliss-reactive ketones (excluding diaryl/α,β-unsaturated/α-hetero) is 1. The number of unbranched alkanes of at least 4 members (excludes halogenated alkanes) is 2. The molecule has 0 bridgehead atoms. The zero-order valence-corrected chi connectivity index (χ0v) is 22.6. The minimum atomic E-state index is -3.93. The standard InChI is InChI=1S/C29H34N2O6S/c1-3-5-17-36-27-20-25(31-38(34,35)23-15-11-8-12-16-23)28(37-18-6-4-2)19-24(27)26(32)21-29(33)30-22-13-9-7-10-14-22/h7-16,19-20,31H,3-6,17-18,21H2,1-2H3,(H,30,33). The number of para-hydroxylation sites is 1.